The van der Waals surface area contributed by atoms with Crippen molar-refractivity contribution in [2.24, 2.45) is 0 Å². The molecule has 0 aromatic heterocycles. The highest BCUT2D eigenvalue weighted by Crippen LogP contribution is 2.29. The van der Waals surface area contributed by atoms with Crippen LogP contribution in [-0.2, 0) is 6.42 Å². The van der Waals surface area contributed by atoms with Crippen LogP contribution in [0.5, 0.6) is 0 Å². The molecule has 1 aliphatic heterocycles. The Morgan fingerprint density at radius 2 is 2.15 bits per heavy atom. The average molecular weight is 376 g/mol. The van der Waals surface area contributed by atoms with Crippen LogP contribution in [0.15, 0.2) is 36.4 Å². The summed E-state index contributed by atoms with van der Waals surface area (Å²) in [4.78, 5) is 24.6. The van der Waals surface area contributed by atoms with Crippen molar-refractivity contribution in [1.29, 1.82) is 0 Å². The number of benzene rings is 2. The highest BCUT2D eigenvalue weighted by molar-refractivity contribution is 6.32. The van der Waals surface area contributed by atoms with Crippen LogP contribution in [-0.4, -0.2) is 36.1 Å². The minimum Gasteiger partial charge on any atom is -0.387 e. The normalized spacial score (nSPS) is 14.0. The molecule has 0 saturated heterocycles. The van der Waals surface area contributed by atoms with Gasteiger partial charge in [-0.1, -0.05) is 23.7 Å². The van der Waals surface area contributed by atoms with Crippen molar-refractivity contribution in [3.05, 3.63) is 68.2 Å². The predicted molar refractivity (Wildman–Crippen MR) is 98.8 cm³/mol. The first-order valence-corrected chi connectivity index (χ1v) is 8.49. The molecule has 1 heterocycles. The van der Waals surface area contributed by atoms with E-state index >= 15 is 0 Å². The van der Waals surface area contributed by atoms with E-state index in [-0.39, 0.29) is 22.8 Å². The van der Waals surface area contributed by atoms with Gasteiger partial charge in [0.05, 0.1) is 11.0 Å². The van der Waals surface area contributed by atoms with Crippen LogP contribution in [0.1, 0.15) is 27.6 Å². The van der Waals surface area contributed by atoms with Crippen molar-refractivity contribution >= 4 is 28.9 Å². The lowest BCUT2D eigenvalue weighted by Gasteiger charge is -2.15. The second-order valence-corrected chi connectivity index (χ2v) is 6.62. The first kappa shape index (κ1) is 18.2. The molecule has 26 heavy (non-hydrogen) atoms. The Bertz CT molecular complexity index is 872. The monoisotopic (exact) mass is 375 g/mol. The lowest BCUT2D eigenvalue weighted by Crippen LogP contribution is -2.28. The van der Waals surface area contributed by atoms with Crippen molar-refractivity contribution in [3.63, 3.8) is 0 Å². The molecule has 1 aliphatic rings. The molecule has 7 nitrogen and oxygen atoms in total. The summed E-state index contributed by atoms with van der Waals surface area (Å²) in [5, 5.41) is 23.8. The number of nitrogens with one attached hydrogen (secondary N) is 1. The van der Waals surface area contributed by atoms with Gasteiger partial charge in [-0.3, -0.25) is 14.9 Å². The fraction of sp³-hybridized carbons (Fsp3) is 0.278. The second kappa shape index (κ2) is 7.31. The number of amides is 1. The van der Waals surface area contributed by atoms with Gasteiger partial charge in [-0.15, -0.1) is 0 Å². The van der Waals surface area contributed by atoms with E-state index in [4.69, 9.17) is 11.6 Å². The summed E-state index contributed by atoms with van der Waals surface area (Å²) in [6, 6.07) is 9.58. The zero-order valence-corrected chi connectivity index (χ0v) is 14.9. The Hall–Kier alpha value is -2.64. The van der Waals surface area contributed by atoms with Crippen LogP contribution in [0.25, 0.3) is 0 Å². The van der Waals surface area contributed by atoms with E-state index in [1.54, 1.807) is 0 Å². The Balaban J connectivity index is 1.66. The maximum atomic E-state index is 12.2. The van der Waals surface area contributed by atoms with E-state index in [0.29, 0.717) is 0 Å². The van der Waals surface area contributed by atoms with Gasteiger partial charge in [-0.25, -0.2) is 0 Å². The van der Waals surface area contributed by atoms with Gasteiger partial charge in [-0.2, -0.15) is 0 Å². The van der Waals surface area contributed by atoms with Crippen LogP contribution < -0.4 is 10.2 Å². The molecule has 8 heteroatoms. The number of carbonyl (C=O) groups excluding carboxylic acids is 1. The third-order valence-electron chi connectivity index (χ3n) is 4.48. The van der Waals surface area contributed by atoms with E-state index < -0.39 is 16.9 Å². The zero-order chi connectivity index (χ0) is 18.8. The number of aliphatic hydroxyl groups is 1. The molecule has 1 unspecified atom stereocenters. The largest absolute Gasteiger partial charge is 0.387 e. The topological polar surface area (TPSA) is 95.7 Å². The number of nitro groups is 1. The summed E-state index contributed by atoms with van der Waals surface area (Å²) in [5.74, 6) is -0.510. The number of carbonyl (C=O) groups is 1. The van der Waals surface area contributed by atoms with Crippen molar-refractivity contribution in [3.8, 4) is 0 Å². The van der Waals surface area contributed by atoms with Crippen molar-refractivity contribution < 1.29 is 14.8 Å². The molecule has 0 saturated carbocycles. The van der Waals surface area contributed by atoms with E-state index in [2.05, 4.69) is 10.2 Å². The Kier molecular flexibility index (Phi) is 5.11. The number of rotatable bonds is 5. The average Bonchev–Trinajstić information content (AvgIpc) is 3.00. The molecule has 2 aromatic rings. The van der Waals surface area contributed by atoms with Gasteiger partial charge in [0.15, 0.2) is 0 Å². The van der Waals surface area contributed by atoms with Crippen molar-refractivity contribution in [2.75, 3.05) is 25.0 Å². The maximum absolute atomic E-state index is 12.2. The molecule has 3 rings (SSSR count). The first-order chi connectivity index (χ1) is 12.4. The summed E-state index contributed by atoms with van der Waals surface area (Å²) in [6.45, 7) is 0.949. The number of halogens is 1. The fourth-order valence-electron chi connectivity index (χ4n) is 3.00. The van der Waals surface area contributed by atoms with Crippen molar-refractivity contribution in [2.45, 2.75) is 12.5 Å². The van der Waals surface area contributed by atoms with E-state index in [9.17, 15) is 20.0 Å². The maximum Gasteiger partial charge on any atom is 0.288 e. The molecule has 2 N–H and O–H groups in total. The van der Waals surface area contributed by atoms with Crippen LogP contribution in [0, 0.1) is 10.1 Å². The minimum atomic E-state index is -0.863. The zero-order valence-electron chi connectivity index (χ0n) is 14.1. The van der Waals surface area contributed by atoms with Gasteiger partial charge in [0.25, 0.3) is 11.6 Å². The minimum absolute atomic E-state index is 0.00385. The molecule has 0 aliphatic carbocycles. The van der Waals surface area contributed by atoms with Crippen LogP contribution in [0.3, 0.4) is 0 Å². The van der Waals surface area contributed by atoms with Crippen LogP contribution in [0.2, 0.25) is 5.02 Å². The Morgan fingerprint density at radius 3 is 2.88 bits per heavy atom. The summed E-state index contributed by atoms with van der Waals surface area (Å²) < 4.78 is 0. The van der Waals surface area contributed by atoms with Crippen LogP contribution in [0.4, 0.5) is 11.4 Å². The third kappa shape index (κ3) is 3.63. The van der Waals surface area contributed by atoms with E-state index in [0.717, 1.165) is 30.3 Å². The van der Waals surface area contributed by atoms with Crippen LogP contribution >= 0.6 is 11.6 Å². The predicted octanol–water partition coefficient (Wildman–Crippen LogP) is 2.70. The van der Waals surface area contributed by atoms with Gasteiger partial charge in [-0.05, 0) is 35.7 Å². The lowest BCUT2D eigenvalue weighted by atomic mass is 10.0. The smallest absolute Gasteiger partial charge is 0.288 e. The molecule has 2 aromatic carbocycles. The Morgan fingerprint density at radius 1 is 1.38 bits per heavy atom. The van der Waals surface area contributed by atoms with Gasteiger partial charge < -0.3 is 15.3 Å². The van der Waals surface area contributed by atoms with E-state index in [1.807, 2.05) is 25.2 Å². The number of hydrogen-bond acceptors (Lipinski definition) is 5. The molecule has 0 spiro atoms. The molecule has 1 atom stereocenters. The van der Waals surface area contributed by atoms with Gasteiger partial charge in [0.2, 0.25) is 0 Å². The molecule has 0 bridgehead atoms. The number of hydrogen-bond donors (Lipinski definition) is 2. The van der Waals surface area contributed by atoms with Crippen molar-refractivity contribution in [1.82, 2.24) is 5.32 Å². The number of nitrogens with zero attached hydrogens (tertiary/aromatic N) is 2. The second-order valence-electron chi connectivity index (χ2n) is 6.21. The highest BCUT2D eigenvalue weighted by atomic mass is 35.5. The summed E-state index contributed by atoms with van der Waals surface area (Å²) in [7, 11) is 2.02. The van der Waals surface area contributed by atoms with Gasteiger partial charge >= 0.3 is 0 Å². The number of anilines is 1. The summed E-state index contributed by atoms with van der Waals surface area (Å²) in [5.41, 5.74) is 2.83. The lowest BCUT2D eigenvalue weighted by molar-refractivity contribution is -0.384. The SMILES string of the molecule is CN1CCc2cc(C(O)CNC(=O)c3ccc(Cl)c([N+](=O)[O-])c3)ccc21. The Labute approximate surface area is 155 Å². The standard InChI is InChI=1S/C18H18ClN3O4/c1-21-7-6-11-8-12(3-5-15(11)21)17(23)10-20-18(24)13-2-4-14(19)16(9-13)22(25)26/h2-5,8-9,17,23H,6-7,10H2,1H3,(H,20,24). The van der Waals surface area contributed by atoms with Gasteiger partial charge in [0, 0.05) is 37.5 Å². The molecule has 0 radical (unpaired) electrons. The summed E-state index contributed by atoms with van der Waals surface area (Å²) >= 11 is 5.74. The fourth-order valence-corrected chi connectivity index (χ4v) is 3.18. The van der Waals surface area contributed by atoms with Gasteiger partial charge in [0.1, 0.15) is 5.02 Å². The highest BCUT2D eigenvalue weighted by Gasteiger charge is 2.19. The number of likely N-dealkylation sites (N-methyl/N-ethyl adjacent to an activating group) is 1. The number of fused-ring (bicyclic) bond motifs is 1. The first-order valence-electron chi connectivity index (χ1n) is 8.11. The third-order valence-corrected chi connectivity index (χ3v) is 4.80. The quantitative estimate of drug-likeness (QED) is 0.618. The molecular weight excluding hydrogens is 358 g/mol. The number of nitro benzene ring substituents is 1. The molecule has 0 fully saturated rings. The van der Waals surface area contributed by atoms with E-state index in [1.165, 1.54) is 17.7 Å². The molecule has 136 valence electrons. The molecular formula is C18H18ClN3O4. The molecule has 1 amide bonds. The number of aliphatic hydroxyl groups excluding tert-OH is 1. The summed E-state index contributed by atoms with van der Waals surface area (Å²) in [6.07, 6.45) is 0.0603.